The van der Waals surface area contributed by atoms with Gasteiger partial charge in [-0.2, -0.15) is 0 Å². The van der Waals surface area contributed by atoms with E-state index < -0.39 is 5.97 Å². The van der Waals surface area contributed by atoms with Crippen LogP contribution >= 0.6 is 15.9 Å². The average Bonchev–Trinajstić information content (AvgIpc) is 2.78. The number of benzene rings is 3. The minimum absolute atomic E-state index is 0.163. The lowest BCUT2D eigenvalue weighted by molar-refractivity contribution is 0.0697. The highest BCUT2D eigenvalue weighted by Crippen LogP contribution is 2.12. The molecule has 152 valence electrons. The molecule has 0 fully saturated rings. The van der Waals surface area contributed by atoms with Gasteiger partial charge in [0, 0.05) is 16.5 Å². The predicted molar refractivity (Wildman–Crippen MR) is 123 cm³/mol. The van der Waals surface area contributed by atoms with Gasteiger partial charge in [-0.15, -0.1) is 0 Å². The summed E-state index contributed by atoms with van der Waals surface area (Å²) in [4.78, 5) is 28.3. The fourth-order valence-corrected chi connectivity index (χ4v) is 3.41. The Hall–Kier alpha value is -3.69. The molecule has 0 aliphatic carbocycles. The first-order valence-corrected chi connectivity index (χ1v) is 10.3. The highest BCUT2D eigenvalue weighted by atomic mass is 79.9. The first-order valence-electron chi connectivity index (χ1n) is 9.54. The fraction of sp³-hybridized carbons (Fsp3) is 0.0800. The van der Waals surface area contributed by atoms with E-state index in [1.54, 1.807) is 24.3 Å². The summed E-state index contributed by atoms with van der Waals surface area (Å²) in [5.41, 5.74) is 3.35. The van der Waals surface area contributed by atoms with Gasteiger partial charge in [0.15, 0.2) is 0 Å². The number of hydrogen-bond acceptors (Lipinski definition) is 3. The molecule has 1 heterocycles. The van der Waals surface area contributed by atoms with Crippen molar-refractivity contribution in [1.82, 2.24) is 9.55 Å². The third-order valence-electron chi connectivity index (χ3n) is 4.82. The average molecular weight is 473 g/mol. The van der Waals surface area contributed by atoms with Crippen LogP contribution in [0.5, 0.6) is 0 Å². The molecule has 0 aliphatic rings. The molecule has 0 saturated heterocycles. The summed E-state index contributed by atoms with van der Waals surface area (Å²) >= 11 is 3.42. The summed E-state index contributed by atoms with van der Waals surface area (Å²) in [6.45, 7) is 0.307. The summed E-state index contributed by atoms with van der Waals surface area (Å²) in [6, 6.07) is 19.9. The monoisotopic (exact) mass is 472 g/mol. The van der Waals surface area contributed by atoms with Crippen molar-refractivity contribution in [3.8, 4) is 11.8 Å². The quantitative estimate of drug-likeness (QED) is 0.443. The molecule has 4 aromatic rings. The molecule has 6 heteroatoms. The number of halogens is 1. The van der Waals surface area contributed by atoms with Gasteiger partial charge >= 0.3 is 5.97 Å². The van der Waals surface area contributed by atoms with Crippen LogP contribution in [-0.2, 0) is 13.0 Å². The maximum atomic E-state index is 13.0. The van der Waals surface area contributed by atoms with Gasteiger partial charge < -0.3 is 5.11 Å². The van der Waals surface area contributed by atoms with Crippen molar-refractivity contribution in [3.05, 3.63) is 110 Å². The van der Waals surface area contributed by atoms with Crippen molar-refractivity contribution in [2.24, 2.45) is 0 Å². The van der Waals surface area contributed by atoms with Gasteiger partial charge in [0.2, 0.25) is 0 Å². The number of nitrogens with zero attached hydrogens (tertiary/aromatic N) is 2. The summed E-state index contributed by atoms with van der Waals surface area (Å²) in [5, 5.41) is 9.51. The SMILES string of the molecule is O=C(O)c1ccc(Cn2cnc3ccc(C#CCc4ccc(Br)cc4)cc3c2=O)cc1. The zero-order chi connectivity index (χ0) is 21.8. The van der Waals surface area contributed by atoms with E-state index in [2.05, 4.69) is 32.8 Å². The van der Waals surface area contributed by atoms with E-state index in [1.165, 1.54) is 23.0 Å². The van der Waals surface area contributed by atoms with Gasteiger partial charge in [-0.1, -0.05) is 52.0 Å². The van der Waals surface area contributed by atoms with Crippen LogP contribution in [0.1, 0.15) is 27.0 Å². The molecule has 1 aromatic heterocycles. The Kier molecular flexibility index (Phi) is 5.96. The van der Waals surface area contributed by atoms with Crippen molar-refractivity contribution >= 4 is 32.8 Å². The van der Waals surface area contributed by atoms with Crippen molar-refractivity contribution < 1.29 is 9.90 Å². The van der Waals surface area contributed by atoms with Crippen LogP contribution in [-0.4, -0.2) is 20.6 Å². The zero-order valence-corrected chi connectivity index (χ0v) is 18.0. The lowest BCUT2D eigenvalue weighted by atomic mass is 10.1. The zero-order valence-electron chi connectivity index (χ0n) is 16.4. The maximum absolute atomic E-state index is 13.0. The smallest absolute Gasteiger partial charge is 0.335 e. The Balaban J connectivity index is 1.58. The molecule has 0 aliphatic heterocycles. The number of hydrogen-bond donors (Lipinski definition) is 1. The molecule has 0 unspecified atom stereocenters. The molecule has 0 spiro atoms. The van der Waals surface area contributed by atoms with E-state index >= 15 is 0 Å². The van der Waals surface area contributed by atoms with E-state index in [-0.39, 0.29) is 11.1 Å². The summed E-state index contributed by atoms with van der Waals surface area (Å²) in [6.07, 6.45) is 2.13. The first kappa shape index (κ1) is 20.6. The van der Waals surface area contributed by atoms with Crippen LogP contribution in [0.3, 0.4) is 0 Å². The molecular weight excluding hydrogens is 456 g/mol. The molecule has 0 radical (unpaired) electrons. The third-order valence-corrected chi connectivity index (χ3v) is 5.34. The van der Waals surface area contributed by atoms with E-state index in [4.69, 9.17) is 5.11 Å². The van der Waals surface area contributed by atoms with E-state index in [0.717, 1.165) is 21.2 Å². The van der Waals surface area contributed by atoms with Crippen molar-refractivity contribution in [2.75, 3.05) is 0 Å². The van der Waals surface area contributed by atoms with Crippen molar-refractivity contribution in [3.63, 3.8) is 0 Å². The van der Waals surface area contributed by atoms with Crippen LogP contribution in [0.25, 0.3) is 10.9 Å². The Labute approximate surface area is 187 Å². The molecule has 5 nitrogen and oxygen atoms in total. The number of aromatic nitrogens is 2. The largest absolute Gasteiger partial charge is 0.478 e. The minimum Gasteiger partial charge on any atom is -0.478 e. The second-order valence-electron chi connectivity index (χ2n) is 7.02. The lowest BCUT2D eigenvalue weighted by Crippen LogP contribution is -2.21. The molecule has 0 bridgehead atoms. The molecular formula is C25H17BrN2O3. The second-order valence-corrected chi connectivity index (χ2v) is 7.93. The van der Waals surface area contributed by atoms with Gasteiger partial charge in [0.05, 0.1) is 29.3 Å². The van der Waals surface area contributed by atoms with Gasteiger partial charge in [0.1, 0.15) is 0 Å². The van der Waals surface area contributed by atoms with E-state index in [9.17, 15) is 9.59 Å². The third kappa shape index (κ3) is 4.90. The van der Waals surface area contributed by atoms with Crippen molar-refractivity contribution in [2.45, 2.75) is 13.0 Å². The summed E-state index contributed by atoms with van der Waals surface area (Å²) in [5.74, 6) is 5.29. The number of carboxylic acid groups (broad SMARTS) is 1. The number of fused-ring (bicyclic) bond motifs is 1. The number of aromatic carboxylic acids is 1. The van der Waals surface area contributed by atoms with Gasteiger partial charge in [-0.25, -0.2) is 9.78 Å². The Bertz CT molecular complexity index is 1380. The van der Waals surface area contributed by atoms with E-state index in [0.29, 0.717) is 23.9 Å². The van der Waals surface area contributed by atoms with Crippen molar-refractivity contribution in [1.29, 1.82) is 0 Å². The number of carbonyl (C=O) groups is 1. The molecule has 0 saturated carbocycles. The van der Waals surface area contributed by atoms with Crippen LogP contribution in [0.4, 0.5) is 0 Å². The first-order chi connectivity index (χ1) is 15.0. The second kappa shape index (κ2) is 8.99. The highest BCUT2D eigenvalue weighted by molar-refractivity contribution is 9.10. The Morgan fingerprint density at radius 3 is 2.42 bits per heavy atom. The van der Waals surface area contributed by atoms with Crippen LogP contribution in [0, 0.1) is 11.8 Å². The van der Waals surface area contributed by atoms with Crippen LogP contribution < -0.4 is 5.56 Å². The molecule has 0 amide bonds. The van der Waals surface area contributed by atoms with Gasteiger partial charge in [-0.3, -0.25) is 9.36 Å². The summed E-state index contributed by atoms with van der Waals surface area (Å²) in [7, 11) is 0. The molecule has 0 atom stereocenters. The normalized spacial score (nSPS) is 10.5. The molecule has 1 N–H and O–H groups in total. The number of rotatable bonds is 4. The maximum Gasteiger partial charge on any atom is 0.335 e. The molecule has 4 rings (SSSR count). The van der Waals surface area contributed by atoms with Crippen LogP contribution in [0.2, 0.25) is 0 Å². The van der Waals surface area contributed by atoms with Crippen LogP contribution in [0.15, 0.2) is 82.3 Å². The fourth-order valence-electron chi connectivity index (χ4n) is 3.15. The lowest BCUT2D eigenvalue weighted by Gasteiger charge is -2.07. The Morgan fingerprint density at radius 2 is 1.71 bits per heavy atom. The minimum atomic E-state index is -0.982. The van der Waals surface area contributed by atoms with E-state index in [1.807, 2.05) is 30.3 Å². The highest BCUT2D eigenvalue weighted by Gasteiger charge is 2.07. The molecule has 3 aromatic carbocycles. The standard InChI is InChI=1S/C25H17BrN2O3/c26-21-11-6-17(7-12-21)2-1-3-18-8-13-23-22(14-18)24(29)28(16-27-23)15-19-4-9-20(10-5-19)25(30)31/h4-14,16H,2,15H2,(H,30,31). The predicted octanol–water partition coefficient (Wildman–Crippen LogP) is 4.50. The summed E-state index contributed by atoms with van der Waals surface area (Å²) < 4.78 is 2.54. The molecule has 31 heavy (non-hydrogen) atoms. The van der Waals surface area contributed by atoms with Gasteiger partial charge in [-0.05, 0) is 53.6 Å². The topological polar surface area (TPSA) is 72.2 Å². The Morgan fingerprint density at radius 1 is 1.00 bits per heavy atom. The number of carboxylic acids is 1. The van der Waals surface area contributed by atoms with Gasteiger partial charge in [0.25, 0.3) is 5.56 Å².